The topological polar surface area (TPSA) is 58.0 Å². The van der Waals surface area contributed by atoms with E-state index in [-0.39, 0.29) is 5.56 Å². The van der Waals surface area contributed by atoms with Gasteiger partial charge in [0.1, 0.15) is 10.2 Å². The average Bonchev–Trinajstić information content (AvgIpc) is 2.07. The van der Waals surface area contributed by atoms with E-state index in [0.717, 1.165) is 0 Å². The van der Waals surface area contributed by atoms with Crippen LogP contribution in [0.25, 0.3) is 0 Å². The average molecular weight is 172 g/mol. The highest BCUT2D eigenvalue weighted by Gasteiger charge is 2.12. The van der Waals surface area contributed by atoms with E-state index in [9.17, 15) is 4.79 Å². The van der Waals surface area contributed by atoms with Crippen molar-refractivity contribution in [3.05, 3.63) is 15.9 Å². The number of aromatic carboxylic acids is 1. The monoisotopic (exact) mass is 172 g/mol. The van der Waals surface area contributed by atoms with Gasteiger partial charge in [-0.05, 0) is 6.92 Å². The van der Waals surface area contributed by atoms with Crippen LogP contribution in [0.1, 0.15) is 16.1 Å². The van der Waals surface area contributed by atoms with Crippen LogP contribution >= 0.6 is 12.2 Å². The molecule has 0 saturated carbocycles. The second-order valence-electron chi connectivity index (χ2n) is 2.28. The molecule has 5 heteroatoms. The second-order valence-corrected chi connectivity index (χ2v) is 2.67. The number of nitrogens with one attached hydrogen (secondary N) is 1. The molecule has 0 aliphatic rings. The maximum absolute atomic E-state index is 10.6. The number of aryl methyl sites for hydroxylation is 2. The van der Waals surface area contributed by atoms with Crippen molar-refractivity contribution >= 4 is 18.2 Å². The Labute approximate surface area is 68.4 Å². The molecule has 1 rings (SSSR count). The van der Waals surface area contributed by atoms with E-state index in [2.05, 4.69) is 5.10 Å². The van der Waals surface area contributed by atoms with Gasteiger partial charge in [-0.15, -0.1) is 0 Å². The molecule has 0 spiro atoms. The number of nitrogens with zero attached hydrogens (tertiary/aromatic N) is 1. The fraction of sp³-hybridized carbons (Fsp3) is 0.333. The largest absolute Gasteiger partial charge is 0.478 e. The lowest BCUT2D eigenvalue weighted by atomic mass is 10.3. The highest BCUT2D eigenvalue weighted by Crippen LogP contribution is 2.06. The summed E-state index contributed by atoms with van der Waals surface area (Å²) in [5.74, 6) is -0.982. The van der Waals surface area contributed by atoms with Crippen molar-refractivity contribution in [1.82, 2.24) is 9.78 Å². The molecule has 0 aliphatic carbocycles. The van der Waals surface area contributed by atoms with Crippen LogP contribution < -0.4 is 0 Å². The van der Waals surface area contributed by atoms with Crippen molar-refractivity contribution in [3.8, 4) is 0 Å². The predicted octanol–water partition coefficient (Wildman–Crippen LogP) is 1.09. The zero-order valence-corrected chi connectivity index (χ0v) is 7.03. The Morgan fingerprint density at radius 1 is 1.73 bits per heavy atom. The van der Waals surface area contributed by atoms with E-state index in [4.69, 9.17) is 17.3 Å². The van der Waals surface area contributed by atoms with Gasteiger partial charge in [0.15, 0.2) is 0 Å². The van der Waals surface area contributed by atoms with Gasteiger partial charge in [0.05, 0.1) is 0 Å². The van der Waals surface area contributed by atoms with Gasteiger partial charge in [0.2, 0.25) is 0 Å². The molecule has 0 radical (unpaired) electrons. The number of H-pyrrole nitrogens is 1. The number of aromatic amines is 1. The molecular weight excluding hydrogens is 164 g/mol. The fourth-order valence-electron chi connectivity index (χ4n) is 0.938. The highest BCUT2D eigenvalue weighted by atomic mass is 32.1. The first-order valence-electron chi connectivity index (χ1n) is 3.03. The molecule has 0 bridgehead atoms. The normalized spacial score (nSPS) is 10.0. The van der Waals surface area contributed by atoms with Crippen molar-refractivity contribution in [1.29, 1.82) is 0 Å². The van der Waals surface area contributed by atoms with E-state index < -0.39 is 5.97 Å². The number of carboxylic acids is 1. The summed E-state index contributed by atoms with van der Waals surface area (Å²) in [4.78, 5) is 10.6. The molecule has 0 amide bonds. The summed E-state index contributed by atoms with van der Waals surface area (Å²) < 4.78 is 1.84. The van der Waals surface area contributed by atoms with E-state index in [0.29, 0.717) is 10.3 Å². The van der Waals surface area contributed by atoms with Gasteiger partial charge in [-0.1, -0.05) is 12.2 Å². The molecule has 4 nitrogen and oxygen atoms in total. The van der Waals surface area contributed by atoms with Crippen LogP contribution in [0.3, 0.4) is 0 Å². The minimum absolute atomic E-state index is 0.183. The van der Waals surface area contributed by atoms with Crippen molar-refractivity contribution < 1.29 is 9.90 Å². The van der Waals surface area contributed by atoms with Crippen LogP contribution in [0.15, 0.2) is 0 Å². The van der Waals surface area contributed by atoms with Gasteiger partial charge in [-0.25, -0.2) is 4.79 Å². The van der Waals surface area contributed by atoms with E-state index in [1.54, 1.807) is 14.0 Å². The maximum atomic E-state index is 10.6. The number of rotatable bonds is 1. The Hall–Kier alpha value is -1.10. The zero-order valence-electron chi connectivity index (χ0n) is 6.21. The van der Waals surface area contributed by atoms with E-state index in [1.807, 2.05) is 0 Å². The molecule has 1 aromatic heterocycles. The molecule has 1 aromatic rings. The van der Waals surface area contributed by atoms with Gasteiger partial charge >= 0.3 is 5.97 Å². The van der Waals surface area contributed by atoms with E-state index in [1.165, 1.54) is 4.68 Å². The number of carboxylic acid groups (broad SMARTS) is 1. The Bertz CT molecular complexity index is 350. The van der Waals surface area contributed by atoms with Gasteiger partial charge < -0.3 is 10.2 Å². The molecule has 2 N–H and O–H groups in total. The Morgan fingerprint density at radius 2 is 2.27 bits per heavy atom. The Morgan fingerprint density at radius 3 is 2.45 bits per heavy atom. The van der Waals surface area contributed by atoms with Crippen LogP contribution in [-0.4, -0.2) is 20.9 Å². The summed E-state index contributed by atoms with van der Waals surface area (Å²) in [6.45, 7) is 1.68. The third kappa shape index (κ3) is 1.19. The lowest BCUT2D eigenvalue weighted by molar-refractivity contribution is 0.0695. The van der Waals surface area contributed by atoms with E-state index >= 15 is 0 Å². The van der Waals surface area contributed by atoms with Crippen LogP contribution in [-0.2, 0) is 7.05 Å². The highest BCUT2D eigenvalue weighted by molar-refractivity contribution is 7.71. The summed E-state index contributed by atoms with van der Waals surface area (Å²) in [5, 5.41) is 11.4. The maximum Gasteiger partial charge on any atom is 0.340 e. The molecule has 0 aliphatic heterocycles. The molecule has 0 atom stereocenters. The third-order valence-electron chi connectivity index (χ3n) is 1.44. The van der Waals surface area contributed by atoms with Crippen LogP contribution in [0.2, 0.25) is 0 Å². The number of hydrogen-bond donors (Lipinski definition) is 2. The molecule has 60 valence electrons. The Kier molecular flexibility index (Phi) is 1.82. The van der Waals surface area contributed by atoms with Crippen LogP contribution in [0.4, 0.5) is 0 Å². The molecule has 0 fully saturated rings. The first-order chi connectivity index (χ1) is 5.04. The fourth-order valence-corrected chi connectivity index (χ4v) is 1.22. The smallest absolute Gasteiger partial charge is 0.340 e. The van der Waals surface area contributed by atoms with Gasteiger partial charge in [0.25, 0.3) is 0 Å². The van der Waals surface area contributed by atoms with Crippen LogP contribution in [0.5, 0.6) is 0 Å². The van der Waals surface area contributed by atoms with Crippen molar-refractivity contribution in [2.75, 3.05) is 0 Å². The molecule has 0 unspecified atom stereocenters. The van der Waals surface area contributed by atoms with Crippen molar-refractivity contribution in [2.45, 2.75) is 6.92 Å². The summed E-state index contributed by atoms with van der Waals surface area (Å²) in [5.41, 5.74) is 0.771. The number of aromatic nitrogens is 2. The van der Waals surface area contributed by atoms with Crippen molar-refractivity contribution in [2.24, 2.45) is 7.05 Å². The van der Waals surface area contributed by atoms with Gasteiger partial charge in [-0.2, -0.15) is 0 Å². The minimum Gasteiger partial charge on any atom is -0.478 e. The standard InChI is InChI=1S/C6H8N2O2S/c1-3-4(6(9)10)5(11)8(2)7-3/h7H,1-2H3,(H,9,10). The number of hydrogen-bond acceptors (Lipinski definition) is 2. The first kappa shape index (κ1) is 8.00. The van der Waals surface area contributed by atoms with Crippen molar-refractivity contribution in [3.63, 3.8) is 0 Å². The lowest BCUT2D eigenvalue weighted by Crippen LogP contribution is -1.97. The SMILES string of the molecule is Cc1[nH]n(C)c(=S)c1C(=O)O. The molecule has 0 saturated heterocycles. The summed E-state index contributed by atoms with van der Waals surface area (Å²) in [6.07, 6.45) is 0. The molecule has 11 heavy (non-hydrogen) atoms. The lowest BCUT2D eigenvalue weighted by Gasteiger charge is -1.86. The number of carbonyl (C=O) groups is 1. The third-order valence-corrected chi connectivity index (χ3v) is 1.92. The molecule has 1 heterocycles. The Balaban J connectivity index is 3.47. The first-order valence-corrected chi connectivity index (χ1v) is 3.43. The minimum atomic E-state index is -0.982. The second kappa shape index (κ2) is 2.50. The summed E-state index contributed by atoms with van der Waals surface area (Å²) in [6, 6.07) is 0. The quantitative estimate of drug-likeness (QED) is 0.623. The summed E-state index contributed by atoms with van der Waals surface area (Å²) >= 11 is 4.84. The molecule has 0 aromatic carbocycles. The molecular formula is C6H8N2O2S. The summed E-state index contributed by atoms with van der Waals surface area (Å²) in [7, 11) is 1.68. The predicted molar refractivity (Wildman–Crippen MR) is 42.3 cm³/mol. The zero-order chi connectivity index (χ0) is 8.59. The van der Waals surface area contributed by atoms with Gasteiger partial charge in [-0.3, -0.25) is 4.68 Å². The van der Waals surface area contributed by atoms with Gasteiger partial charge in [0, 0.05) is 12.7 Å². The van der Waals surface area contributed by atoms with Crippen LogP contribution in [0, 0.1) is 11.6 Å².